The van der Waals surface area contributed by atoms with Crippen LogP contribution in [0.25, 0.3) is 22.4 Å². The van der Waals surface area contributed by atoms with Gasteiger partial charge in [-0.15, -0.1) is 0 Å². The third-order valence-corrected chi connectivity index (χ3v) is 3.23. The molecule has 2 aromatic heterocycles. The molecule has 0 bridgehead atoms. The fraction of sp³-hybridized carbons (Fsp3) is 0.267. The van der Waals surface area contributed by atoms with Gasteiger partial charge >= 0.3 is 0 Å². The van der Waals surface area contributed by atoms with Crippen molar-refractivity contribution in [3.63, 3.8) is 0 Å². The molecule has 0 aliphatic carbocycles. The topological polar surface area (TPSA) is 73.1 Å². The fourth-order valence-electron chi connectivity index (χ4n) is 2.23. The molecule has 23 heavy (non-hydrogen) atoms. The molecule has 2 heterocycles. The number of fused-ring (bicyclic) bond motifs is 1. The first-order valence-corrected chi connectivity index (χ1v) is 6.98. The van der Waals surface area contributed by atoms with Gasteiger partial charge in [0, 0.05) is 31.9 Å². The van der Waals surface area contributed by atoms with Crippen molar-refractivity contribution in [1.82, 2.24) is 15.1 Å². The van der Waals surface area contributed by atoms with Crippen LogP contribution >= 0.6 is 0 Å². The molecule has 8 heteroatoms. The van der Waals surface area contributed by atoms with E-state index in [0.29, 0.717) is 24.4 Å². The largest absolute Gasteiger partial charge is 0.385 e. The zero-order chi connectivity index (χ0) is 16.2. The van der Waals surface area contributed by atoms with E-state index in [4.69, 9.17) is 9.26 Å². The second-order valence-corrected chi connectivity index (χ2v) is 4.86. The lowest BCUT2D eigenvalue weighted by Crippen LogP contribution is -2.06. The number of ether oxygens (including phenoxy) is 1. The van der Waals surface area contributed by atoms with Crippen molar-refractivity contribution >= 4 is 16.9 Å². The van der Waals surface area contributed by atoms with Crippen LogP contribution in [0.2, 0.25) is 0 Å². The number of aromatic nitrogens is 3. The van der Waals surface area contributed by atoms with Crippen LogP contribution in [0.5, 0.6) is 0 Å². The summed E-state index contributed by atoms with van der Waals surface area (Å²) in [7, 11) is 1.62. The third kappa shape index (κ3) is 3.26. The Morgan fingerprint density at radius 3 is 2.70 bits per heavy atom. The van der Waals surface area contributed by atoms with Crippen molar-refractivity contribution in [1.29, 1.82) is 0 Å². The molecule has 0 fully saturated rings. The molecule has 0 spiro atoms. The molecule has 0 aliphatic heterocycles. The van der Waals surface area contributed by atoms with Crippen LogP contribution in [0, 0.1) is 11.6 Å². The smallest absolute Gasteiger partial charge is 0.263 e. The number of rotatable bonds is 6. The van der Waals surface area contributed by atoms with Gasteiger partial charge in [-0.25, -0.2) is 13.8 Å². The van der Waals surface area contributed by atoms with Crippen molar-refractivity contribution in [2.24, 2.45) is 0 Å². The van der Waals surface area contributed by atoms with E-state index in [9.17, 15) is 8.78 Å². The normalized spacial score (nSPS) is 11.1. The molecule has 3 rings (SSSR count). The first kappa shape index (κ1) is 15.3. The highest BCUT2D eigenvalue weighted by Gasteiger charge is 2.17. The minimum Gasteiger partial charge on any atom is -0.385 e. The maximum Gasteiger partial charge on any atom is 0.263 e. The van der Waals surface area contributed by atoms with Crippen molar-refractivity contribution in [2.75, 3.05) is 25.6 Å². The summed E-state index contributed by atoms with van der Waals surface area (Å²) in [5.74, 6) is -0.891. The summed E-state index contributed by atoms with van der Waals surface area (Å²) in [6.07, 6.45) is 2.11. The van der Waals surface area contributed by atoms with Gasteiger partial charge in [0.15, 0.2) is 0 Å². The van der Waals surface area contributed by atoms with E-state index in [1.165, 1.54) is 18.5 Å². The van der Waals surface area contributed by atoms with E-state index in [-0.39, 0.29) is 17.0 Å². The Morgan fingerprint density at radius 1 is 1.17 bits per heavy atom. The summed E-state index contributed by atoms with van der Waals surface area (Å²) < 4.78 is 37.0. The number of anilines is 1. The molecule has 120 valence electrons. The highest BCUT2D eigenvalue weighted by atomic mass is 19.1. The lowest BCUT2D eigenvalue weighted by atomic mass is 10.1. The molecule has 6 nitrogen and oxygen atoms in total. The van der Waals surface area contributed by atoms with Crippen molar-refractivity contribution in [2.45, 2.75) is 6.42 Å². The van der Waals surface area contributed by atoms with Gasteiger partial charge in [-0.3, -0.25) is 0 Å². The van der Waals surface area contributed by atoms with Gasteiger partial charge < -0.3 is 14.6 Å². The summed E-state index contributed by atoms with van der Waals surface area (Å²) in [5, 5.41) is 7.49. The Bertz CT molecular complexity index is 802. The lowest BCUT2D eigenvalue weighted by Gasteiger charge is -2.06. The standard InChI is InChI=1S/C15H14F2N4O2/c1-22-4-2-3-18-14-12-13(21-23-15(12)20-8-19-14)9-5-10(16)7-11(17)6-9/h5-8H,2-4H2,1H3,(H,18,19,20). The number of hydrogen-bond donors (Lipinski definition) is 1. The number of nitrogens with zero attached hydrogens (tertiary/aromatic N) is 3. The van der Waals surface area contributed by atoms with E-state index >= 15 is 0 Å². The molecule has 0 unspecified atom stereocenters. The predicted octanol–water partition coefficient (Wildman–Crippen LogP) is 3.01. The van der Waals surface area contributed by atoms with Gasteiger partial charge in [0.2, 0.25) is 0 Å². The Morgan fingerprint density at radius 2 is 1.96 bits per heavy atom. The molecule has 1 aromatic carbocycles. The number of nitrogens with one attached hydrogen (secondary N) is 1. The van der Waals surface area contributed by atoms with Gasteiger partial charge in [-0.1, -0.05) is 5.16 Å². The third-order valence-electron chi connectivity index (χ3n) is 3.23. The highest BCUT2D eigenvalue weighted by molar-refractivity contribution is 5.97. The second-order valence-electron chi connectivity index (χ2n) is 4.86. The van der Waals surface area contributed by atoms with E-state index in [1.54, 1.807) is 7.11 Å². The minimum atomic E-state index is -0.692. The summed E-state index contributed by atoms with van der Waals surface area (Å²) in [6, 6.07) is 3.16. The minimum absolute atomic E-state index is 0.244. The van der Waals surface area contributed by atoms with E-state index in [2.05, 4.69) is 20.4 Å². The molecule has 0 saturated heterocycles. The summed E-state index contributed by atoms with van der Waals surface area (Å²) in [5.41, 5.74) is 0.790. The average molecular weight is 320 g/mol. The molecular formula is C15H14F2N4O2. The molecule has 0 saturated carbocycles. The maximum atomic E-state index is 13.4. The zero-order valence-electron chi connectivity index (χ0n) is 12.3. The summed E-state index contributed by atoms with van der Waals surface area (Å²) >= 11 is 0. The van der Waals surface area contributed by atoms with Crippen LogP contribution in [0.15, 0.2) is 29.0 Å². The highest BCUT2D eigenvalue weighted by Crippen LogP contribution is 2.31. The van der Waals surface area contributed by atoms with Crippen LogP contribution in [-0.4, -0.2) is 35.4 Å². The van der Waals surface area contributed by atoms with Gasteiger partial charge in [-0.05, 0) is 18.6 Å². The van der Waals surface area contributed by atoms with Gasteiger partial charge in [0.1, 0.15) is 34.9 Å². The molecule has 0 aliphatic rings. The van der Waals surface area contributed by atoms with E-state index < -0.39 is 11.6 Å². The molecule has 1 N–H and O–H groups in total. The maximum absolute atomic E-state index is 13.4. The Balaban J connectivity index is 2.00. The summed E-state index contributed by atoms with van der Waals surface area (Å²) in [4.78, 5) is 8.14. The summed E-state index contributed by atoms with van der Waals surface area (Å²) in [6.45, 7) is 1.22. The Labute approximate surface area is 130 Å². The molecular weight excluding hydrogens is 306 g/mol. The van der Waals surface area contributed by atoms with Gasteiger partial charge in [-0.2, -0.15) is 4.98 Å². The quantitative estimate of drug-likeness (QED) is 0.704. The van der Waals surface area contributed by atoms with Crippen LogP contribution in [0.4, 0.5) is 14.6 Å². The zero-order valence-corrected chi connectivity index (χ0v) is 12.3. The van der Waals surface area contributed by atoms with Crippen LogP contribution < -0.4 is 5.32 Å². The van der Waals surface area contributed by atoms with Crippen molar-refractivity contribution < 1.29 is 18.0 Å². The SMILES string of the molecule is COCCCNc1ncnc2onc(-c3cc(F)cc(F)c3)c12. The molecule has 0 atom stereocenters. The van der Waals surface area contributed by atoms with Crippen molar-refractivity contribution in [3.05, 3.63) is 36.2 Å². The van der Waals surface area contributed by atoms with E-state index in [1.807, 2.05) is 0 Å². The number of halogens is 2. The van der Waals surface area contributed by atoms with E-state index in [0.717, 1.165) is 12.5 Å². The fourth-order valence-corrected chi connectivity index (χ4v) is 2.23. The predicted molar refractivity (Wildman–Crippen MR) is 79.9 cm³/mol. The number of benzene rings is 1. The van der Waals surface area contributed by atoms with Gasteiger partial charge in [0.25, 0.3) is 5.71 Å². The second kappa shape index (κ2) is 6.66. The van der Waals surface area contributed by atoms with Crippen LogP contribution in [0.3, 0.4) is 0 Å². The molecule has 0 radical (unpaired) electrons. The number of hydrogen-bond acceptors (Lipinski definition) is 6. The number of methoxy groups -OCH3 is 1. The molecule has 3 aromatic rings. The average Bonchev–Trinajstić information content (AvgIpc) is 2.95. The first-order valence-electron chi connectivity index (χ1n) is 6.98. The molecule has 0 amide bonds. The van der Waals surface area contributed by atoms with Crippen LogP contribution in [-0.2, 0) is 4.74 Å². The van der Waals surface area contributed by atoms with Gasteiger partial charge in [0.05, 0.1) is 0 Å². The lowest BCUT2D eigenvalue weighted by molar-refractivity contribution is 0.198. The first-order chi connectivity index (χ1) is 11.2. The van der Waals surface area contributed by atoms with Crippen molar-refractivity contribution in [3.8, 4) is 11.3 Å². The Hall–Kier alpha value is -2.61. The Kier molecular flexibility index (Phi) is 4.42. The van der Waals surface area contributed by atoms with Crippen LogP contribution in [0.1, 0.15) is 6.42 Å². The monoisotopic (exact) mass is 320 g/mol.